The van der Waals surface area contributed by atoms with E-state index in [-0.39, 0.29) is 36.2 Å². The molecule has 1 aromatic carbocycles. The zero-order valence-electron chi connectivity index (χ0n) is 16.2. The zero-order chi connectivity index (χ0) is 18.6. The Balaban J connectivity index is 0.00000225. The quantitative estimate of drug-likeness (QED) is 0.801. The average molecular weight is 408 g/mol. The lowest BCUT2D eigenvalue weighted by Gasteiger charge is -2.36. The molecule has 0 aromatic heterocycles. The van der Waals surface area contributed by atoms with Crippen molar-refractivity contribution in [3.8, 4) is 5.75 Å². The first-order valence-electron chi connectivity index (χ1n) is 10.2. The summed E-state index contributed by atoms with van der Waals surface area (Å²) in [6.07, 6.45) is 4.78. The van der Waals surface area contributed by atoms with E-state index in [0.717, 1.165) is 63.1 Å². The molecule has 0 radical (unpaired) electrons. The number of halogens is 1. The molecule has 0 aliphatic carbocycles. The van der Waals surface area contributed by atoms with E-state index in [1.54, 1.807) is 0 Å². The molecule has 7 heteroatoms. The van der Waals surface area contributed by atoms with E-state index in [0.29, 0.717) is 19.1 Å². The van der Waals surface area contributed by atoms with Gasteiger partial charge in [0.1, 0.15) is 5.75 Å². The summed E-state index contributed by atoms with van der Waals surface area (Å²) in [6, 6.07) is 7.84. The first-order chi connectivity index (χ1) is 13.2. The summed E-state index contributed by atoms with van der Waals surface area (Å²) in [6.45, 7) is 3.72. The van der Waals surface area contributed by atoms with E-state index in [9.17, 15) is 9.59 Å². The van der Waals surface area contributed by atoms with Crippen molar-refractivity contribution in [2.75, 3.05) is 32.8 Å². The number of ether oxygens (including phenoxy) is 1. The van der Waals surface area contributed by atoms with Crippen LogP contribution in [0.5, 0.6) is 5.75 Å². The number of hydrogen-bond donors (Lipinski definition) is 2. The largest absolute Gasteiger partial charge is 0.493 e. The normalized spacial score (nSPS) is 26.6. The number of hydrogen-bond acceptors (Lipinski definition) is 4. The summed E-state index contributed by atoms with van der Waals surface area (Å²) < 4.78 is 5.70. The van der Waals surface area contributed by atoms with Crippen LogP contribution >= 0.6 is 12.4 Å². The van der Waals surface area contributed by atoms with Crippen LogP contribution in [0.15, 0.2) is 24.3 Å². The van der Waals surface area contributed by atoms with Crippen LogP contribution in [0.2, 0.25) is 0 Å². The number of carbonyl (C=O) groups is 2. The molecule has 3 aliphatic rings. The van der Waals surface area contributed by atoms with Gasteiger partial charge in [-0.3, -0.25) is 9.59 Å². The molecule has 3 aliphatic heterocycles. The van der Waals surface area contributed by atoms with Crippen LogP contribution < -0.4 is 15.4 Å². The second kappa shape index (κ2) is 9.61. The summed E-state index contributed by atoms with van der Waals surface area (Å²) in [5.74, 6) is 1.38. The highest BCUT2D eigenvalue weighted by molar-refractivity contribution is 5.85. The highest BCUT2D eigenvalue weighted by atomic mass is 35.5. The van der Waals surface area contributed by atoms with Crippen molar-refractivity contribution < 1.29 is 14.3 Å². The van der Waals surface area contributed by atoms with Crippen molar-refractivity contribution in [2.24, 2.45) is 5.92 Å². The minimum absolute atomic E-state index is 0. The highest BCUT2D eigenvalue weighted by Gasteiger charge is 2.33. The molecule has 0 spiro atoms. The maximum absolute atomic E-state index is 13.2. The molecular formula is C21H30ClN3O3. The monoisotopic (exact) mass is 407 g/mol. The minimum atomic E-state index is -0.106. The summed E-state index contributed by atoms with van der Waals surface area (Å²) >= 11 is 0. The van der Waals surface area contributed by atoms with Crippen LogP contribution in [0.1, 0.15) is 43.6 Å². The van der Waals surface area contributed by atoms with E-state index < -0.39 is 0 Å². The second-order valence-electron chi connectivity index (χ2n) is 7.91. The number of fused-ring (bicyclic) bond motifs is 1. The molecule has 0 saturated carbocycles. The highest BCUT2D eigenvalue weighted by Crippen LogP contribution is 2.35. The number of nitrogens with one attached hydrogen (secondary N) is 2. The molecule has 3 heterocycles. The van der Waals surface area contributed by atoms with Crippen molar-refractivity contribution in [2.45, 2.75) is 44.1 Å². The third-order valence-corrected chi connectivity index (χ3v) is 6.03. The van der Waals surface area contributed by atoms with Gasteiger partial charge in [-0.15, -0.1) is 12.4 Å². The number of piperidine rings is 1. The fourth-order valence-corrected chi connectivity index (χ4v) is 4.53. The van der Waals surface area contributed by atoms with E-state index in [1.807, 2.05) is 29.2 Å². The lowest BCUT2D eigenvalue weighted by Crippen LogP contribution is -2.48. The molecule has 2 amide bonds. The van der Waals surface area contributed by atoms with Crippen LogP contribution in [0.3, 0.4) is 0 Å². The van der Waals surface area contributed by atoms with Gasteiger partial charge in [-0.05, 0) is 50.6 Å². The van der Waals surface area contributed by atoms with Gasteiger partial charge in [-0.25, -0.2) is 0 Å². The Morgan fingerprint density at radius 3 is 2.86 bits per heavy atom. The van der Waals surface area contributed by atoms with E-state index >= 15 is 0 Å². The first-order valence-corrected chi connectivity index (χ1v) is 10.2. The molecule has 154 valence electrons. The number of para-hydroxylation sites is 1. The number of rotatable bonds is 4. The topological polar surface area (TPSA) is 70.7 Å². The van der Waals surface area contributed by atoms with Crippen molar-refractivity contribution in [1.82, 2.24) is 15.5 Å². The fraction of sp³-hybridized carbons (Fsp3) is 0.619. The SMILES string of the molecule is Cl.O=C(NCC1CCCN(C(=O)C2CCOc3ccccc32)C1)C1CCCN1. The molecule has 6 nitrogen and oxygen atoms in total. The molecule has 4 rings (SSSR count). The van der Waals surface area contributed by atoms with Crippen molar-refractivity contribution >= 4 is 24.2 Å². The van der Waals surface area contributed by atoms with Gasteiger partial charge >= 0.3 is 0 Å². The van der Waals surface area contributed by atoms with Crippen LogP contribution in [0.25, 0.3) is 0 Å². The van der Waals surface area contributed by atoms with E-state index in [4.69, 9.17) is 4.74 Å². The average Bonchev–Trinajstić information content (AvgIpc) is 3.26. The molecule has 2 saturated heterocycles. The summed E-state index contributed by atoms with van der Waals surface area (Å²) in [5.41, 5.74) is 1.01. The van der Waals surface area contributed by atoms with Crippen molar-refractivity contribution in [3.05, 3.63) is 29.8 Å². The Bertz CT molecular complexity index is 693. The number of carbonyl (C=O) groups excluding carboxylic acids is 2. The lowest BCUT2D eigenvalue weighted by molar-refractivity contribution is -0.135. The third-order valence-electron chi connectivity index (χ3n) is 6.03. The van der Waals surface area contributed by atoms with E-state index in [2.05, 4.69) is 10.6 Å². The second-order valence-corrected chi connectivity index (χ2v) is 7.91. The predicted molar refractivity (Wildman–Crippen MR) is 110 cm³/mol. The van der Waals surface area contributed by atoms with E-state index in [1.165, 1.54) is 0 Å². The third kappa shape index (κ3) is 4.61. The molecule has 0 bridgehead atoms. The van der Waals surface area contributed by atoms with Gasteiger partial charge in [-0.2, -0.15) is 0 Å². The van der Waals surface area contributed by atoms with Gasteiger partial charge in [-0.1, -0.05) is 18.2 Å². The number of likely N-dealkylation sites (tertiary alicyclic amines) is 1. The van der Waals surface area contributed by atoms with Gasteiger partial charge < -0.3 is 20.3 Å². The Hall–Kier alpha value is -1.79. The van der Waals surface area contributed by atoms with Gasteiger partial charge in [0.2, 0.25) is 11.8 Å². The number of benzene rings is 1. The minimum Gasteiger partial charge on any atom is -0.493 e. The summed E-state index contributed by atoms with van der Waals surface area (Å²) in [7, 11) is 0. The summed E-state index contributed by atoms with van der Waals surface area (Å²) in [4.78, 5) is 27.4. The molecule has 3 atom stereocenters. The number of nitrogens with zero attached hydrogens (tertiary/aromatic N) is 1. The van der Waals surface area contributed by atoms with Gasteiger partial charge in [0.15, 0.2) is 0 Å². The van der Waals surface area contributed by atoms with Gasteiger partial charge in [0, 0.05) is 25.2 Å². The van der Waals surface area contributed by atoms with Crippen molar-refractivity contribution in [1.29, 1.82) is 0 Å². The lowest BCUT2D eigenvalue weighted by atomic mass is 9.90. The predicted octanol–water partition coefficient (Wildman–Crippen LogP) is 2.08. The molecular weight excluding hydrogens is 378 g/mol. The molecule has 1 aromatic rings. The van der Waals surface area contributed by atoms with Crippen LogP contribution in [-0.4, -0.2) is 55.5 Å². The summed E-state index contributed by atoms with van der Waals surface area (Å²) in [5, 5.41) is 6.32. The molecule has 3 unspecified atom stereocenters. The Kier molecular flexibility index (Phi) is 7.18. The van der Waals surface area contributed by atoms with Gasteiger partial charge in [0.25, 0.3) is 0 Å². The maximum atomic E-state index is 13.2. The standard InChI is InChI=1S/C21H29N3O3.ClH/c25-20(18-7-3-10-22-18)23-13-15-5-4-11-24(14-15)21(26)17-9-12-27-19-8-2-1-6-16(17)19;/h1-2,6,8,15,17-18,22H,3-5,7,9-14H2,(H,23,25);1H. The van der Waals surface area contributed by atoms with Gasteiger partial charge in [0.05, 0.1) is 18.6 Å². The molecule has 2 fully saturated rings. The van der Waals surface area contributed by atoms with Crippen molar-refractivity contribution in [3.63, 3.8) is 0 Å². The van der Waals surface area contributed by atoms with Crippen LogP contribution in [-0.2, 0) is 9.59 Å². The Morgan fingerprint density at radius 1 is 1.18 bits per heavy atom. The van der Waals surface area contributed by atoms with Crippen LogP contribution in [0, 0.1) is 5.92 Å². The zero-order valence-corrected chi connectivity index (χ0v) is 17.0. The Morgan fingerprint density at radius 2 is 2.04 bits per heavy atom. The maximum Gasteiger partial charge on any atom is 0.237 e. The number of amides is 2. The smallest absolute Gasteiger partial charge is 0.237 e. The first kappa shape index (κ1) is 20.9. The molecule has 2 N–H and O–H groups in total. The van der Waals surface area contributed by atoms with Crippen LogP contribution in [0.4, 0.5) is 0 Å². The molecule has 28 heavy (non-hydrogen) atoms. The Labute approximate surface area is 172 Å². The fourth-order valence-electron chi connectivity index (χ4n) is 4.53.